The van der Waals surface area contributed by atoms with E-state index in [0.717, 1.165) is 11.6 Å². The number of fused-ring (bicyclic) bond motifs is 2. The summed E-state index contributed by atoms with van der Waals surface area (Å²) in [6.45, 7) is -0.113. The van der Waals surface area contributed by atoms with Crippen molar-refractivity contribution < 1.29 is 24.0 Å². The molecule has 152 valence electrons. The fraction of sp³-hybridized carbons (Fsp3) is 0.0417. The smallest absolute Gasteiger partial charge is 0.345 e. The minimum atomic E-state index is -0.952. The van der Waals surface area contributed by atoms with Gasteiger partial charge in [0.25, 0.3) is 5.69 Å². The van der Waals surface area contributed by atoms with E-state index in [9.17, 15) is 24.5 Å². The highest BCUT2D eigenvalue weighted by Gasteiger charge is 2.38. The van der Waals surface area contributed by atoms with Gasteiger partial charge in [0.15, 0.2) is 5.78 Å². The minimum absolute atomic E-state index is 0.0689. The highest BCUT2D eigenvalue weighted by atomic mass is 16.6. The zero-order valence-corrected chi connectivity index (χ0v) is 16.1. The Morgan fingerprint density at radius 3 is 2.19 bits per heavy atom. The second-order valence-corrected chi connectivity index (χ2v) is 6.76. The summed E-state index contributed by atoms with van der Waals surface area (Å²) >= 11 is 0. The summed E-state index contributed by atoms with van der Waals surface area (Å²) in [6.07, 6.45) is 3.34. The number of ketones is 2. The van der Waals surface area contributed by atoms with E-state index in [2.05, 4.69) is 0 Å². The van der Waals surface area contributed by atoms with Gasteiger partial charge >= 0.3 is 5.97 Å². The van der Waals surface area contributed by atoms with Crippen LogP contribution in [0.2, 0.25) is 0 Å². The fourth-order valence-electron chi connectivity index (χ4n) is 3.47. The van der Waals surface area contributed by atoms with Crippen molar-refractivity contribution in [3.05, 3.63) is 116 Å². The molecule has 0 N–H and O–H groups in total. The number of nitro benzene ring substituents is 1. The lowest BCUT2D eigenvalue weighted by molar-refractivity contribution is -0.385. The molecule has 31 heavy (non-hydrogen) atoms. The number of carbonyl (C=O) groups is 3. The molecule has 3 aromatic carbocycles. The molecule has 4 rings (SSSR count). The third-order valence-corrected chi connectivity index (χ3v) is 4.89. The Hall–Kier alpha value is -4.39. The van der Waals surface area contributed by atoms with Crippen LogP contribution in [0.4, 0.5) is 5.69 Å². The van der Waals surface area contributed by atoms with Gasteiger partial charge in [0.05, 0.1) is 4.92 Å². The summed E-state index contributed by atoms with van der Waals surface area (Å²) in [6, 6.07) is 17.8. The van der Waals surface area contributed by atoms with Crippen molar-refractivity contribution >= 4 is 29.3 Å². The number of nitrogens with zero attached hydrogens (tertiary/aromatic N) is 1. The lowest BCUT2D eigenvalue weighted by Gasteiger charge is -2.18. The summed E-state index contributed by atoms with van der Waals surface area (Å²) in [7, 11) is 0. The summed E-state index contributed by atoms with van der Waals surface area (Å²) in [5.74, 6) is -2.12. The van der Waals surface area contributed by atoms with Gasteiger partial charge in [-0.2, -0.15) is 0 Å². The standard InChI is InChI=1S/C24H15NO6/c26-22-16-10-4-5-11-17(16)23(27)20-18(22)12-13-19(21(20)25(29)30)24(28)31-14-6-9-15-7-2-1-3-8-15/h1-13H,14H2/b9-6+. The van der Waals surface area contributed by atoms with Crippen LogP contribution >= 0.6 is 0 Å². The summed E-state index contributed by atoms with van der Waals surface area (Å²) in [4.78, 5) is 49.2. The van der Waals surface area contributed by atoms with Crippen LogP contribution < -0.4 is 0 Å². The molecule has 0 amide bonds. The largest absolute Gasteiger partial charge is 0.458 e. The minimum Gasteiger partial charge on any atom is -0.458 e. The normalized spacial score (nSPS) is 12.4. The first-order valence-electron chi connectivity index (χ1n) is 9.37. The number of carbonyl (C=O) groups excluding carboxylic acids is 3. The zero-order valence-electron chi connectivity index (χ0n) is 16.1. The van der Waals surface area contributed by atoms with Crippen molar-refractivity contribution in [2.75, 3.05) is 6.61 Å². The predicted octanol–water partition coefficient (Wildman–Crippen LogP) is 4.24. The highest BCUT2D eigenvalue weighted by Crippen LogP contribution is 2.35. The first kappa shape index (κ1) is 19.9. The molecule has 0 heterocycles. The maximum atomic E-state index is 13.0. The topological polar surface area (TPSA) is 104 Å². The number of ether oxygens (including phenoxy) is 1. The monoisotopic (exact) mass is 413 g/mol. The van der Waals surface area contributed by atoms with Crippen LogP contribution in [-0.4, -0.2) is 29.1 Å². The van der Waals surface area contributed by atoms with E-state index >= 15 is 0 Å². The average molecular weight is 413 g/mol. The Labute approximate surface area is 176 Å². The molecule has 0 saturated heterocycles. The van der Waals surface area contributed by atoms with Crippen LogP contribution in [-0.2, 0) is 4.74 Å². The van der Waals surface area contributed by atoms with Gasteiger partial charge in [0.1, 0.15) is 17.7 Å². The molecule has 0 bridgehead atoms. The van der Waals surface area contributed by atoms with E-state index in [1.165, 1.54) is 18.2 Å². The first-order valence-corrected chi connectivity index (χ1v) is 9.37. The van der Waals surface area contributed by atoms with Crippen molar-refractivity contribution in [1.29, 1.82) is 0 Å². The molecular weight excluding hydrogens is 398 g/mol. The Bertz CT molecular complexity index is 1260. The van der Waals surface area contributed by atoms with E-state index in [0.29, 0.717) is 0 Å². The van der Waals surface area contributed by atoms with Crippen LogP contribution in [0.3, 0.4) is 0 Å². The van der Waals surface area contributed by atoms with Gasteiger partial charge in [-0.15, -0.1) is 0 Å². The Balaban J connectivity index is 1.66. The molecular formula is C24H15NO6. The fourth-order valence-corrected chi connectivity index (χ4v) is 3.47. The second kappa shape index (κ2) is 8.16. The van der Waals surface area contributed by atoms with Crippen LogP contribution in [0, 0.1) is 10.1 Å². The Morgan fingerprint density at radius 2 is 1.52 bits per heavy atom. The van der Waals surface area contributed by atoms with Gasteiger partial charge < -0.3 is 4.74 Å². The zero-order chi connectivity index (χ0) is 22.0. The lowest BCUT2D eigenvalue weighted by Crippen LogP contribution is -2.23. The second-order valence-electron chi connectivity index (χ2n) is 6.76. The number of benzene rings is 3. The number of rotatable bonds is 5. The van der Waals surface area contributed by atoms with Gasteiger partial charge in [-0.05, 0) is 23.8 Å². The van der Waals surface area contributed by atoms with Crippen molar-refractivity contribution in [3.8, 4) is 0 Å². The molecule has 0 aliphatic heterocycles. The quantitative estimate of drug-likeness (QED) is 0.275. The van der Waals surface area contributed by atoms with Gasteiger partial charge in [0.2, 0.25) is 5.78 Å². The summed E-state index contributed by atoms with van der Waals surface area (Å²) in [5, 5.41) is 11.8. The van der Waals surface area contributed by atoms with Gasteiger partial charge in [0, 0.05) is 16.7 Å². The van der Waals surface area contributed by atoms with Crippen molar-refractivity contribution in [1.82, 2.24) is 0 Å². The van der Waals surface area contributed by atoms with Crippen LogP contribution in [0.25, 0.3) is 6.08 Å². The maximum Gasteiger partial charge on any atom is 0.345 e. The third kappa shape index (κ3) is 3.64. The SMILES string of the molecule is O=C1c2ccccc2C(=O)c2c1ccc(C(=O)OC/C=C/c1ccccc1)c2[N+](=O)[O-]. The number of hydrogen-bond acceptors (Lipinski definition) is 6. The first-order chi connectivity index (χ1) is 15.0. The summed E-state index contributed by atoms with van der Waals surface area (Å²) < 4.78 is 5.14. The van der Waals surface area contributed by atoms with E-state index in [4.69, 9.17) is 4.74 Å². The van der Waals surface area contributed by atoms with Gasteiger partial charge in [-0.25, -0.2) is 4.79 Å². The molecule has 1 aliphatic carbocycles. The Morgan fingerprint density at radius 1 is 0.871 bits per heavy atom. The van der Waals surface area contributed by atoms with Crippen molar-refractivity contribution in [3.63, 3.8) is 0 Å². The third-order valence-electron chi connectivity index (χ3n) is 4.89. The molecule has 0 aromatic heterocycles. The number of nitro groups is 1. The van der Waals surface area contributed by atoms with Crippen LogP contribution in [0.1, 0.15) is 47.8 Å². The molecule has 7 nitrogen and oxygen atoms in total. The molecule has 7 heteroatoms. The van der Waals surface area contributed by atoms with E-state index in [1.54, 1.807) is 24.3 Å². The Kier molecular flexibility index (Phi) is 5.24. The highest BCUT2D eigenvalue weighted by molar-refractivity contribution is 6.30. The number of esters is 1. The van der Waals surface area contributed by atoms with E-state index in [1.807, 2.05) is 30.3 Å². The number of hydrogen-bond donors (Lipinski definition) is 0. The molecule has 3 aromatic rings. The van der Waals surface area contributed by atoms with Crippen molar-refractivity contribution in [2.24, 2.45) is 0 Å². The molecule has 0 unspecified atom stereocenters. The average Bonchev–Trinajstić information content (AvgIpc) is 2.79. The lowest BCUT2D eigenvalue weighted by atomic mass is 9.82. The molecule has 0 atom stereocenters. The maximum absolute atomic E-state index is 13.0. The van der Waals surface area contributed by atoms with Crippen molar-refractivity contribution in [2.45, 2.75) is 0 Å². The van der Waals surface area contributed by atoms with E-state index < -0.39 is 28.1 Å². The van der Waals surface area contributed by atoms with Crippen LogP contribution in [0.15, 0.2) is 72.8 Å². The van der Waals surface area contributed by atoms with Gasteiger partial charge in [-0.1, -0.05) is 60.7 Å². The molecule has 1 aliphatic rings. The molecule has 0 saturated carbocycles. The van der Waals surface area contributed by atoms with E-state index in [-0.39, 0.29) is 34.4 Å². The van der Waals surface area contributed by atoms with Gasteiger partial charge in [-0.3, -0.25) is 19.7 Å². The predicted molar refractivity (Wildman–Crippen MR) is 112 cm³/mol. The molecule has 0 spiro atoms. The molecule has 0 fully saturated rings. The summed E-state index contributed by atoms with van der Waals surface area (Å²) in [5.41, 5.74) is -0.435. The van der Waals surface area contributed by atoms with Crippen LogP contribution in [0.5, 0.6) is 0 Å². The molecule has 0 radical (unpaired) electrons.